The zero-order valence-corrected chi connectivity index (χ0v) is 10.7. The summed E-state index contributed by atoms with van der Waals surface area (Å²) < 4.78 is 0. The lowest BCUT2D eigenvalue weighted by atomic mass is 10.0. The van der Waals surface area contributed by atoms with Gasteiger partial charge in [-0.25, -0.2) is 0 Å². The van der Waals surface area contributed by atoms with E-state index < -0.39 is 5.91 Å². The standard InChI is InChI=1S/C14H18N2O2/c1-3-10-6-5-7-11(4-2)14(10)16-13(18)9-8-12(15)17/h5-9H,3-4H2,1-2H3,(H2,15,17)(H,16,18)/b9-8-. The fraction of sp³-hybridized carbons (Fsp3) is 0.286. The monoisotopic (exact) mass is 246 g/mol. The Balaban J connectivity index is 2.95. The predicted molar refractivity (Wildman–Crippen MR) is 72.2 cm³/mol. The molecule has 0 unspecified atom stereocenters. The third kappa shape index (κ3) is 3.73. The summed E-state index contributed by atoms with van der Waals surface area (Å²) in [5.74, 6) is -0.978. The zero-order chi connectivity index (χ0) is 13.5. The summed E-state index contributed by atoms with van der Waals surface area (Å²) in [7, 11) is 0. The molecule has 1 rings (SSSR count). The Morgan fingerprint density at radius 3 is 2.17 bits per heavy atom. The van der Waals surface area contributed by atoms with Crippen molar-refractivity contribution in [1.82, 2.24) is 0 Å². The van der Waals surface area contributed by atoms with E-state index in [9.17, 15) is 9.59 Å². The molecule has 0 aromatic heterocycles. The van der Waals surface area contributed by atoms with Crippen LogP contribution in [0.25, 0.3) is 0 Å². The minimum Gasteiger partial charge on any atom is -0.366 e. The van der Waals surface area contributed by atoms with E-state index in [0.717, 1.165) is 41.8 Å². The molecular formula is C14H18N2O2. The summed E-state index contributed by atoms with van der Waals surface area (Å²) in [6.07, 6.45) is 3.87. The molecule has 4 nitrogen and oxygen atoms in total. The molecule has 4 heteroatoms. The Kier molecular flexibility index (Phi) is 5.11. The van der Waals surface area contributed by atoms with Crippen molar-refractivity contribution in [3.8, 4) is 0 Å². The largest absolute Gasteiger partial charge is 0.366 e. The summed E-state index contributed by atoms with van der Waals surface area (Å²) in [6.45, 7) is 4.06. The molecule has 0 fully saturated rings. The highest BCUT2D eigenvalue weighted by Gasteiger charge is 2.08. The van der Waals surface area contributed by atoms with Crippen LogP contribution in [0, 0.1) is 0 Å². The third-order valence-corrected chi connectivity index (χ3v) is 2.65. The van der Waals surface area contributed by atoms with Gasteiger partial charge in [-0.05, 0) is 24.0 Å². The minimum atomic E-state index is -0.635. The van der Waals surface area contributed by atoms with E-state index in [1.54, 1.807) is 0 Å². The Bertz CT molecular complexity index is 456. The van der Waals surface area contributed by atoms with Gasteiger partial charge in [0.05, 0.1) is 0 Å². The molecule has 0 atom stereocenters. The second-order valence-corrected chi connectivity index (χ2v) is 3.88. The number of nitrogens with one attached hydrogen (secondary N) is 1. The van der Waals surface area contributed by atoms with Crippen LogP contribution in [0.1, 0.15) is 25.0 Å². The van der Waals surface area contributed by atoms with Gasteiger partial charge in [0.15, 0.2) is 0 Å². The summed E-state index contributed by atoms with van der Waals surface area (Å²) in [4.78, 5) is 22.2. The summed E-state index contributed by atoms with van der Waals surface area (Å²) in [5.41, 5.74) is 7.93. The van der Waals surface area contributed by atoms with Gasteiger partial charge in [0.1, 0.15) is 0 Å². The Labute approximate surface area is 107 Å². The van der Waals surface area contributed by atoms with Crippen LogP contribution in [0.3, 0.4) is 0 Å². The van der Waals surface area contributed by atoms with Gasteiger partial charge < -0.3 is 11.1 Å². The lowest BCUT2D eigenvalue weighted by molar-refractivity contribution is -0.115. The average Bonchev–Trinajstić information content (AvgIpc) is 2.36. The van der Waals surface area contributed by atoms with Crippen LogP contribution in [0.4, 0.5) is 5.69 Å². The number of nitrogens with two attached hydrogens (primary N) is 1. The van der Waals surface area contributed by atoms with Gasteiger partial charge in [0.2, 0.25) is 11.8 Å². The van der Waals surface area contributed by atoms with Gasteiger partial charge in [-0.3, -0.25) is 9.59 Å². The van der Waals surface area contributed by atoms with Crippen molar-refractivity contribution in [1.29, 1.82) is 0 Å². The smallest absolute Gasteiger partial charge is 0.248 e. The first-order valence-electron chi connectivity index (χ1n) is 5.97. The van der Waals surface area contributed by atoms with Crippen LogP contribution in [-0.2, 0) is 22.4 Å². The van der Waals surface area contributed by atoms with E-state index >= 15 is 0 Å². The lowest BCUT2D eigenvalue weighted by Crippen LogP contribution is -2.14. The maximum atomic E-state index is 11.6. The third-order valence-electron chi connectivity index (χ3n) is 2.65. The van der Waals surface area contributed by atoms with Gasteiger partial charge in [-0.15, -0.1) is 0 Å². The molecule has 0 spiro atoms. The van der Waals surface area contributed by atoms with Crippen molar-refractivity contribution in [2.45, 2.75) is 26.7 Å². The molecule has 0 radical (unpaired) electrons. The Hall–Kier alpha value is -2.10. The van der Waals surface area contributed by atoms with Gasteiger partial charge >= 0.3 is 0 Å². The number of aryl methyl sites for hydroxylation is 2. The number of amides is 2. The number of hydrogen-bond donors (Lipinski definition) is 2. The number of primary amides is 1. The van der Waals surface area contributed by atoms with Crippen molar-refractivity contribution in [2.75, 3.05) is 5.32 Å². The van der Waals surface area contributed by atoms with Crippen LogP contribution in [0.15, 0.2) is 30.4 Å². The maximum Gasteiger partial charge on any atom is 0.248 e. The molecule has 0 aliphatic heterocycles. The average molecular weight is 246 g/mol. The van der Waals surface area contributed by atoms with E-state index in [1.807, 2.05) is 32.0 Å². The first-order chi connectivity index (χ1) is 8.58. The van der Waals surface area contributed by atoms with Crippen LogP contribution < -0.4 is 11.1 Å². The van der Waals surface area contributed by atoms with Gasteiger partial charge in [0, 0.05) is 17.8 Å². The topological polar surface area (TPSA) is 72.2 Å². The van der Waals surface area contributed by atoms with Crippen LogP contribution in [0.2, 0.25) is 0 Å². The summed E-state index contributed by atoms with van der Waals surface area (Å²) >= 11 is 0. The molecule has 0 saturated carbocycles. The highest BCUT2D eigenvalue weighted by Crippen LogP contribution is 2.22. The Morgan fingerprint density at radius 1 is 1.17 bits per heavy atom. The van der Waals surface area contributed by atoms with E-state index in [-0.39, 0.29) is 5.91 Å². The number of rotatable bonds is 5. The predicted octanol–water partition coefficient (Wildman–Crippen LogP) is 1.79. The molecular weight excluding hydrogens is 228 g/mol. The maximum absolute atomic E-state index is 11.6. The second kappa shape index (κ2) is 6.59. The van der Waals surface area contributed by atoms with E-state index in [4.69, 9.17) is 5.73 Å². The fourth-order valence-electron chi connectivity index (χ4n) is 1.73. The molecule has 0 saturated heterocycles. The van der Waals surface area contributed by atoms with Gasteiger partial charge in [-0.1, -0.05) is 32.0 Å². The highest BCUT2D eigenvalue weighted by molar-refractivity contribution is 6.03. The number of hydrogen-bond acceptors (Lipinski definition) is 2. The van der Waals surface area contributed by atoms with Crippen molar-refractivity contribution < 1.29 is 9.59 Å². The molecule has 0 aliphatic carbocycles. The minimum absolute atomic E-state index is 0.343. The molecule has 1 aromatic rings. The molecule has 1 aromatic carbocycles. The summed E-state index contributed by atoms with van der Waals surface area (Å²) in [6, 6.07) is 5.94. The van der Waals surface area contributed by atoms with Crippen LogP contribution >= 0.6 is 0 Å². The first kappa shape index (κ1) is 14.0. The van der Waals surface area contributed by atoms with Crippen molar-refractivity contribution in [3.63, 3.8) is 0 Å². The van der Waals surface area contributed by atoms with Crippen LogP contribution in [-0.4, -0.2) is 11.8 Å². The molecule has 3 N–H and O–H groups in total. The molecule has 0 heterocycles. The van der Waals surface area contributed by atoms with Crippen molar-refractivity contribution in [2.24, 2.45) is 5.73 Å². The van der Waals surface area contributed by atoms with Gasteiger partial charge in [0.25, 0.3) is 0 Å². The summed E-state index contributed by atoms with van der Waals surface area (Å²) in [5, 5.41) is 2.80. The molecule has 0 bridgehead atoms. The van der Waals surface area contributed by atoms with Crippen molar-refractivity contribution >= 4 is 17.5 Å². The zero-order valence-electron chi connectivity index (χ0n) is 10.7. The van der Waals surface area contributed by atoms with Crippen LogP contribution in [0.5, 0.6) is 0 Å². The quantitative estimate of drug-likeness (QED) is 0.777. The Morgan fingerprint density at radius 2 is 1.72 bits per heavy atom. The molecule has 2 amide bonds. The van der Waals surface area contributed by atoms with E-state index in [0.29, 0.717) is 0 Å². The molecule has 0 aliphatic rings. The van der Waals surface area contributed by atoms with E-state index in [2.05, 4.69) is 5.32 Å². The fourth-order valence-corrected chi connectivity index (χ4v) is 1.73. The van der Waals surface area contributed by atoms with E-state index in [1.165, 1.54) is 0 Å². The van der Waals surface area contributed by atoms with Gasteiger partial charge in [-0.2, -0.15) is 0 Å². The second-order valence-electron chi connectivity index (χ2n) is 3.88. The lowest BCUT2D eigenvalue weighted by Gasteiger charge is -2.13. The highest BCUT2D eigenvalue weighted by atomic mass is 16.2. The number of carbonyl (C=O) groups excluding carboxylic acids is 2. The first-order valence-corrected chi connectivity index (χ1v) is 5.97. The number of benzene rings is 1. The normalized spacial score (nSPS) is 10.6. The SMILES string of the molecule is CCc1cccc(CC)c1NC(=O)/C=C\C(N)=O. The molecule has 18 heavy (non-hydrogen) atoms. The van der Waals surface area contributed by atoms with Crippen molar-refractivity contribution in [3.05, 3.63) is 41.5 Å². The number of para-hydroxylation sites is 1. The number of carbonyl (C=O) groups is 2. The molecule has 96 valence electrons. The number of anilines is 1.